The minimum Gasteiger partial charge on any atom is -0.355 e. The predicted octanol–water partition coefficient (Wildman–Crippen LogP) is 0.816. The Morgan fingerprint density at radius 3 is 2.82 bits per heavy atom. The summed E-state index contributed by atoms with van der Waals surface area (Å²) in [4.78, 5) is 11.2. The maximum Gasteiger partial charge on any atom is 0.225 e. The fraction of sp³-hybridized carbons (Fsp3) is 0.750. The van der Waals surface area contributed by atoms with Gasteiger partial charge in [-0.2, -0.15) is 5.26 Å². The van der Waals surface area contributed by atoms with E-state index in [0.717, 1.165) is 12.8 Å². The number of hydrogen-bond donors (Lipinski definition) is 1. The molecule has 3 heteroatoms. The highest BCUT2D eigenvalue weighted by molar-refractivity contribution is 5.84. The van der Waals surface area contributed by atoms with Crippen molar-refractivity contribution >= 4 is 5.91 Å². The zero-order chi connectivity index (χ0) is 8.32. The molecule has 0 aliphatic heterocycles. The molecule has 3 nitrogen and oxygen atoms in total. The van der Waals surface area contributed by atoms with E-state index >= 15 is 0 Å². The first-order chi connectivity index (χ1) is 5.19. The first kappa shape index (κ1) is 8.06. The molecule has 0 spiro atoms. The van der Waals surface area contributed by atoms with Crippen molar-refractivity contribution < 1.29 is 4.79 Å². The van der Waals surface area contributed by atoms with E-state index in [4.69, 9.17) is 5.26 Å². The summed E-state index contributed by atoms with van der Waals surface area (Å²) in [6.07, 6.45) is 2.39. The van der Waals surface area contributed by atoms with Gasteiger partial charge >= 0.3 is 0 Å². The van der Waals surface area contributed by atoms with Crippen LogP contribution in [0.25, 0.3) is 0 Å². The lowest BCUT2D eigenvalue weighted by Crippen LogP contribution is -2.30. The molecule has 1 rings (SSSR count). The van der Waals surface area contributed by atoms with E-state index in [1.807, 2.05) is 13.0 Å². The smallest absolute Gasteiger partial charge is 0.225 e. The van der Waals surface area contributed by atoms with Crippen LogP contribution in [-0.2, 0) is 4.79 Å². The highest BCUT2D eigenvalue weighted by Gasteiger charge is 2.44. The Balaban J connectivity index is 2.18. The van der Waals surface area contributed by atoms with Crippen molar-refractivity contribution in [3.8, 4) is 6.07 Å². The Morgan fingerprint density at radius 2 is 2.36 bits per heavy atom. The Morgan fingerprint density at radius 1 is 1.73 bits per heavy atom. The van der Waals surface area contributed by atoms with Crippen LogP contribution in [0.5, 0.6) is 0 Å². The first-order valence-corrected chi connectivity index (χ1v) is 3.84. The summed E-state index contributed by atoms with van der Waals surface area (Å²) in [7, 11) is 0. The van der Waals surface area contributed by atoms with Crippen LogP contribution in [0.15, 0.2) is 0 Å². The van der Waals surface area contributed by atoms with Crippen molar-refractivity contribution in [2.75, 3.05) is 6.54 Å². The zero-order valence-electron chi connectivity index (χ0n) is 6.68. The van der Waals surface area contributed by atoms with Crippen molar-refractivity contribution in [1.82, 2.24) is 5.32 Å². The quantitative estimate of drug-likeness (QED) is 0.608. The Hall–Kier alpha value is -1.04. The average Bonchev–Trinajstić information content (AvgIpc) is 2.70. The van der Waals surface area contributed by atoms with Crippen LogP contribution < -0.4 is 5.32 Å². The molecule has 0 aromatic carbocycles. The molecule has 0 atom stereocenters. The number of nitrogens with one attached hydrogen (secondary N) is 1. The monoisotopic (exact) mass is 152 g/mol. The normalized spacial score (nSPS) is 18.5. The van der Waals surface area contributed by atoms with E-state index < -0.39 is 0 Å². The summed E-state index contributed by atoms with van der Waals surface area (Å²) in [5.74, 6) is 0.104. The molecule has 0 radical (unpaired) electrons. The van der Waals surface area contributed by atoms with Crippen LogP contribution in [0, 0.1) is 16.7 Å². The van der Waals surface area contributed by atoms with Gasteiger partial charge in [-0.05, 0) is 12.8 Å². The number of nitrogens with zero attached hydrogens (tertiary/aromatic N) is 1. The Kier molecular flexibility index (Phi) is 2.13. The lowest BCUT2D eigenvalue weighted by Gasteiger charge is -2.07. The largest absolute Gasteiger partial charge is 0.355 e. The number of carbonyl (C=O) groups is 1. The molecule has 1 saturated carbocycles. The molecule has 1 aliphatic carbocycles. The third-order valence-electron chi connectivity index (χ3n) is 2.07. The molecule has 1 N–H and O–H groups in total. The molecular weight excluding hydrogens is 140 g/mol. The van der Waals surface area contributed by atoms with Gasteiger partial charge in [0, 0.05) is 12.0 Å². The summed E-state index contributed by atoms with van der Waals surface area (Å²) in [5, 5.41) is 10.9. The maximum atomic E-state index is 11.2. The number of rotatable bonds is 3. The van der Waals surface area contributed by atoms with Gasteiger partial charge in [0.2, 0.25) is 5.91 Å². The van der Waals surface area contributed by atoms with Gasteiger partial charge in [0.25, 0.3) is 0 Å². The Bertz CT molecular complexity index is 201. The van der Waals surface area contributed by atoms with E-state index in [1.54, 1.807) is 0 Å². The topological polar surface area (TPSA) is 52.9 Å². The van der Waals surface area contributed by atoms with Crippen LogP contribution in [0.4, 0.5) is 0 Å². The summed E-state index contributed by atoms with van der Waals surface area (Å²) in [5.41, 5.74) is -0.102. The Labute approximate surface area is 66.4 Å². The molecule has 1 aliphatic rings. The molecule has 0 unspecified atom stereocenters. The second-order valence-electron chi connectivity index (χ2n) is 3.22. The van der Waals surface area contributed by atoms with Crippen LogP contribution in [0.1, 0.15) is 26.2 Å². The molecule has 1 amide bonds. The highest BCUT2D eigenvalue weighted by atomic mass is 16.2. The van der Waals surface area contributed by atoms with Crippen molar-refractivity contribution in [3.63, 3.8) is 0 Å². The SMILES string of the molecule is CC1(C(=O)NCCC#N)CC1. The fourth-order valence-corrected chi connectivity index (χ4v) is 0.860. The van der Waals surface area contributed by atoms with E-state index in [2.05, 4.69) is 5.32 Å². The summed E-state index contributed by atoms with van der Waals surface area (Å²) in [6, 6.07) is 1.98. The zero-order valence-corrected chi connectivity index (χ0v) is 6.68. The fourth-order valence-electron chi connectivity index (χ4n) is 0.860. The van der Waals surface area contributed by atoms with Crippen LogP contribution in [-0.4, -0.2) is 12.5 Å². The predicted molar refractivity (Wildman–Crippen MR) is 40.6 cm³/mol. The number of nitriles is 1. The molecule has 0 aromatic heterocycles. The maximum absolute atomic E-state index is 11.2. The second-order valence-corrected chi connectivity index (χ2v) is 3.22. The first-order valence-electron chi connectivity index (χ1n) is 3.84. The van der Waals surface area contributed by atoms with E-state index in [0.29, 0.717) is 13.0 Å². The van der Waals surface area contributed by atoms with Crippen LogP contribution >= 0.6 is 0 Å². The van der Waals surface area contributed by atoms with Gasteiger partial charge in [0.1, 0.15) is 0 Å². The number of amides is 1. The molecule has 0 saturated heterocycles. The minimum absolute atomic E-state index is 0.102. The van der Waals surface area contributed by atoms with Gasteiger partial charge < -0.3 is 5.32 Å². The minimum atomic E-state index is -0.102. The van der Waals surface area contributed by atoms with Crippen molar-refractivity contribution in [3.05, 3.63) is 0 Å². The van der Waals surface area contributed by atoms with Gasteiger partial charge in [-0.25, -0.2) is 0 Å². The summed E-state index contributed by atoms with van der Waals surface area (Å²) in [6.45, 7) is 2.44. The number of carbonyl (C=O) groups excluding carboxylic acids is 1. The molecule has 60 valence electrons. The van der Waals surface area contributed by atoms with Crippen molar-refractivity contribution in [2.24, 2.45) is 5.41 Å². The average molecular weight is 152 g/mol. The molecule has 11 heavy (non-hydrogen) atoms. The molecule has 0 aromatic rings. The molecular formula is C8H12N2O. The van der Waals surface area contributed by atoms with Gasteiger partial charge in [-0.15, -0.1) is 0 Å². The number of hydrogen-bond acceptors (Lipinski definition) is 2. The summed E-state index contributed by atoms with van der Waals surface area (Å²) >= 11 is 0. The third kappa shape index (κ3) is 1.94. The third-order valence-corrected chi connectivity index (χ3v) is 2.07. The molecule has 0 heterocycles. The van der Waals surface area contributed by atoms with Crippen molar-refractivity contribution in [1.29, 1.82) is 5.26 Å². The lowest BCUT2D eigenvalue weighted by atomic mass is 10.1. The lowest BCUT2D eigenvalue weighted by molar-refractivity contribution is -0.125. The van der Waals surface area contributed by atoms with Crippen LogP contribution in [0.3, 0.4) is 0 Å². The molecule has 1 fully saturated rings. The standard InChI is InChI=1S/C8H12N2O/c1-8(3-4-8)7(11)10-6-2-5-9/h2-4,6H2,1H3,(H,10,11). The van der Waals surface area contributed by atoms with Gasteiger partial charge in [0.05, 0.1) is 12.5 Å². The van der Waals surface area contributed by atoms with Gasteiger partial charge in [-0.3, -0.25) is 4.79 Å². The van der Waals surface area contributed by atoms with E-state index in [1.165, 1.54) is 0 Å². The summed E-state index contributed by atoms with van der Waals surface area (Å²) < 4.78 is 0. The van der Waals surface area contributed by atoms with E-state index in [9.17, 15) is 4.79 Å². The second kappa shape index (κ2) is 2.91. The van der Waals surface area contributed by atoms with Crippen molar-refractivity contribution in [2.45, 2.75) is 26.2 Å². The van der Waals surface area contributed by atoms with E-state index in [-0.39, 0.29) is 11.3 Å². The van der Waals surface area contributed by atoms with Gasteiger partial charge in [0.15, 0.2) is 0 Å². The highest BCUT2D eigenvalue weighted by Crippen LogP contribution is 2.44. The van der Waals surface area contributed by atoms with Crippen LogP contribution in [0.2, 0.25) is 0 Å². The van der Waals surface area contributed by atoms with Gasteiger partial charge in [-0.1, -0.05) is 6.92 Å². The molecule has 0 bridgehead atoms.